The van der Waals surface area contributed by atoms with Gasteiger partial charge in [-0.05, 0) is 12.8 Å². The summed E-state index contributed by atoms with van der Waals surface area (Å²) in [5, 5.41) is 32.1. The largest absolute Gasteiger partial charge is 0.465 e. The van der Waals surface area contributed by atoms with E-state index in [0.29, 0.717) is 6.61 Å². The molecule has 0 bridgehead atoms. The molecule has 0 saturated carbocycles. The zero-order chi connectivity index (χ0) is 19.0. The SMILES string of the molecule is O=C(O)Nc1ncnc2c1ncn2[C@@H]1O[C@H](C2CCCCCO2)[C@@H](O)[C@H]1O. The molecule has 0 spiro atoms. The van der Waals surface area contributed by atoms with Gasteiger partial charge in [-0.1, -0.05) is 12.8 Å². The fraction of sp³-hybridized carbons (Fsp3) is 0.625. The minimum atomic E-state index is -1.28. The summed E-state index contributed by atoms with van der Waals surface area (Å²) in [6.45, 7) is 0.601. The predicted molar refractivity (Wildman–Crippen MR) is 91.1 cm³/mol. The normalized spacial score (nSPS) is 31.7. The van der Waals surface area contributed by atoms with E-state index in [-0.39, 0.29) is 23.1 Å². The van der Waals surface area contributed by atoms with Gasteiger partial charge in [-0.25, -0.2) is 19.7 Å². The number of hydrogen-bond acceptors (Lipinski definition) is 8. The maximum Gasteiger partial charge on any atom is 0.410 e. The molecule has 2 aromatic heterocycles. The molecule has 5 atom stereocenters. The molecule has 11 nitrogen and oxygen atoms in total. The van der Waals surface area contributed by atoms with E-state index < -0.39 is 30.6 Å². The first kappa shape index (κ1) is 18.0. The molecule has 2 aromatic rings. The van der Waals surface area contributed by atoms with Crippen LogP contribution in [-0.2, 0) is 9.47 Å². The average Bonchev–Trinajstić information content (AvgIpc) is 3.06. The van der Waals surface area contributed by atoms with Crippen molar-refractivity contribution in [3.05, 3.63) is 12.7 Å². The molecule has 2 aliphatic heterocycles. The van der Waals surface area contributed by atoms with Crippen LogP contribution in [0.5, 0.6) is 0 Å². The van der Waals surface area contributed by atoms with Crippen molar-refractivity contribution in [1.82, 2.24) is 19.5 Å². The molecule has 4 heterocycles. The lowest BCUT2D eigenvalue weighted by atomic mass is 10.0. The maximum absolute atomic E-state index is 10.9. The monoisotopic (exact) mass is 379 g/mol. The molecule has 2 aliphatic rings. The smallest absolute Gasteiger partial charge is 0.410 e. The van der Waals surface area contributed by atoms with Crippen molar-refractivity contribution in [3.8, 4) is 0 Å². The molecule has 146 valence electrons. The van der Waals surface area contributed by atoms with E-state index >= 15 is 0 Å². The quantitative estimate of drug-likeness (QED) is 0.597. The first-order chi connectivity index (χ1) is 13.1. The van der Waals surface area contributed by atoms with Crippen LogP contribution in [0.2, 0.25) is 0 Å². The number of nitrogens with zero attached hydrogens (tertiary/aromatic N) is 4. The molecule has 1 unspecified atom stereocenters. The number of aliphatic hydroxyl groups excluding tert-OH is 2. The third-order valence-corrected chi connectivity index (χ3v) is 4.96. The van der Waals surface area contributed by atoms with E-state index in [1.807, 2.05) is 0 Å². The van der Waals surface area contributed by atoms with Crippen molar-refractivity contribution in [2.45, 2.75) is 56.3 Å². The van der Waals surface area contributed by atoms with Crippen LogP contribution in [-0.4, -0.2) is 72.0 Å². The lowest BCUT2D eigenvalue weighted by molar-refractivity contribution is -0.106. The molecule has 27 heavy (non-hydrogen) atoms. The van der Waals surface area contributed by atoms with E-state index in [1.165, 1.54) is 17.2 Å². The first-order valence-electron chi connectivity index (χ1n) is 8.87. The number of rotatable bonds is 3. The zero-order valence-electron chi connectivity index (χ0n) is 14.4. The Kier molecular flexibility index (Phi) is 4.91. The summed E-state index contributed by atoms with van der Waals surface area (Å²) < 4.78 is 13.2. The lowest BCUT2D eigenvalue weighted by Gasteiger charge is -2.24. The van der Waals surface area contributed by atoms with Gasteiger partial charge in [-0.2, -0.15) is 0 Å². The van der Waals surface area contributed by atoms with Crippen LogP contribution in [0.15, 0.2) is 12.7 Å². The number of amides is 1. The van der Waals surface area contributed by atoms with Crippen molar-refractivity contribution >= 4 is 23.1 Å². The summed E-state index contributed by atoms with van der Waals surface area (Å²) >= 11 is 0. The molecule has 0 aliphatic carbocycles. The highest BCUT2D eigenvalue weighted by Gasteiger charge is 2.48. The van der Waals surface area contributed by atoms with Crippen molar-refractivity contribution in [2.24, 2.45) is 0 Å². The number of aliphatic hydroxyl groups is 2. The third kappa shape index (κ3) is 3.34. The number of anilines is 1. The Morgan fingerprint density at radius 3 is 2.85 bits per heavy atom. The Hall–Kier alpha value is -2.34. The van der Waals surface area contributed by atoms with Crippen molar-refractivity contribution in [2.75, 3.05) is 11.9 Å². The summed E-state index contributed by atoms with van der Waals surface area (Å²) in [6.07, 6.45) is 0.843. The number of aromatic nitrogens is 4. The Bertz CT molecular complexity index is 821. The summed E-state index contributed by atoms with van der Waals surface area (Å²) in [7, 11) is 0. The molecular formula is C16H21N5O6. The van der Waals surface area contributed by atoms with E-state index in [1.54, 1.807) is 0 Å². The number of hydrogen-bond donors (Lipinski definition) is 4. The van der Waals surface area contributed by atoms with Crippen molar-refractivity contribution < 1.29 is 29.6 Å². The van der Waals surface area contributed by atoms with E-state index in [2.05, 4.69) is 20.3 Å². The van der Waals surface area contributed by atoms with Gasteiger partial charge in [0.1, 0.15) is 24.6 Å². The molecule has 4 rings (SSSR count). The molecule has 0 aromatic carbocycles. The number of nitrogens with one attached hydrogen (secondary N) is 1. The predicted octanol–water partition coefficient (Wildman–Crippen LogP) is 0.495. The van der Waals surface area contributed by atoms with Gasteiger partial charge in [0.25, 0.3) is 0 Å². The molecule has 0 radical (unpaired) electrons. The van der Waals surface area contributed by atoms with Gasteiger partial charge < -0.3 is 24.8 Å². The summed E-state index contributed by atoms with van der Waals surface area (Å²) in [4.78, 5) is 23.0. The second-order valence-corrected chi connectivity index (χ2v) is 6.71. The highest BCUT2D eigenvalue weighted by atomic mass is 16.6. The number of imidazole rings is 1. The number of ether oxygens (including phenoxy) is 2. The second-order valence-electron chi connectivity index (χ2n) is 6.71. The minimum absolute atomic E-state index is 0.0305. The van der Waals surface area contributed by atoms with Crippen LogP contribution < -0.4 is 5.32 Å². The van der Waals surface area contributed by atoms with Gasteiger partial charge in [-0.15, -0.1) is 0 Å². The summed E-state index contributed by atoms with van der Waals surface area (Å²) in [5.41, 5.74) is 0.506. The topological polar surface area (TPSA) is 152 Å². The molecule has 11 heteroatoms. The van der Waals surface area contributed by atoms with Gasteiger partial charge in [0.2, 0.25) is 0 Å². The molecule has 2 saturated heterocycles. The van der Waals surface area contributed by atoms with E-state index in [4.69, 9.17) is 14.6 Å². The van der Waals surface area contributed by atoms with Gasteiger partial charge in [0.15, 0.2) is 23.2 Å². The van der Waals surface area contributed by atoms with Crippen molar-refractivity contribution in [1.29, 1.82) is 0 Å². The van der Waals surface area contributed by atoms with Gasteiger partial charge in [0.05, 0.1) is 12.4 Å². The highest BCUT2D eigenvalue weighted by molar-refractivity contribution is 5.92. The third-order valence-electron chi connectivity index (χ3n) is 4.96. The molecule has 4 N–H and O–H groups in total. The van der Waals surface area contributed by atoms with Gasteiger partial charge in [0, 0.05) is 6.61 Å². The highest BCUT2D eigenvalue weighted by Crippen LogP contribution is 2.35. The zero-order valence-corrected chi connectivity index (χ0v) is 14.4. The lowest BCUT2D eigenvalue weighted by Crippen LogP contribution is -2.39. The second kappa shape index (κ2) is 7.35. The van der Waals surface area contributed by atoms with Crippen LogP contribution in [0, 0.1) is 0 Å². The van der Waals surface area contributed by atoms with Gasteiger partial charge >= 0.3 is 6.09 Å². The standard InChI is InChI=1S/C16H21N5O6/c22-10-11(23)15(27-12(10)8-4-2-1-3-5-26-8)21-7-19-9-13(20-16(24)25)17-6-18-14(9)21/h6-8,10-12,15,22-23H,1-5H2,(H,24,25)(H,17,18,20)/t8?,10-,11+,12+,15+/m0/s1. The van der Waals surface area contributed by atoms with Crippen LogP contribution in [0.1, 0.15) is 31.9 Å². The van der Waals surface area contributed by atoms with Crippen LogP contribution in [0.3, 0.4) is 0 Å². The van der Waals surface area contributed by atoms with Crippen LogP contribution >= 0.6 is 0 Å². The Balaban J connectivity index is 1.62. The summed E-state index contributed by atoms with van der Waals surface area (Å²) in [6, 6.07) is 0. The minimum Gasteiger partial charge on any atom is -0.465 e. The fourth-order valence-electron chi connectivity index (χ4n) is 3.66. The Morgan fingerprint density at radius 1 is 1.19 bits per heavy atom. The van der Waals surface area contributed by atoms with Gasteiger partial charge in [-0.3, -0.25) is 9.88 Å². The maximum atomic E-state index is 10.9. The van der Waals surface area contributed by atoms with Crippen LogP contribution in [0.25, 0.3) is 11.2 Å². The van der Waals surface area contributed by atoms with Crippen LogP contribution in [0.4, 0.5) is 10.6 Å². The van der Waals surface area contributed by atoms with E-state index in [9.17, 15) is 15.0 Å². The Labute approximate surface area is 154 Å². The molecule has 1 amide bonds. The van der Waals surface area contributed by atoms with E-state index in [0.717, 1.165) is 25.7 Å². The fourth-order valence-corrected chi connectivity index (χ4v) is 3.66. The summed E-state index contributed by atoms with van der Waals surface area (Å²) in [5.74, 6) is 0.0305. The Morgan fingerprint density at radius 2 is 2.04 bits per heavy atom. The van der Waals surface area contributed by atoms with Crippen molar-refractivity contribution in [3.63, 3.8) is 0 Å². The number of carboxylic acid groups (broad SMARTS) is 1. The molecular weight excluding hydrogens is 358 g/mol. The first-order valence-corrected chi connectivity index (χ1v) is 8.87. The average molecular weight is 379 g/mol. The number of carbonyl (C=O) groups is 1. The molecule has 2 fully saturated rings. The number of fused-ring (bicyclic) bond motifs is 1.